The van der Waals surface area contributed by atoms with E-state index in [1.54, 1.807) is 0 Å². The molecule has 2 rings (SSSR count). The predicted molar refractivity (Wildman–Crippen MR) is 88.1 cm³/mol. The Hall–Kier alpha value is -0.580. The third-order valence-corrected chi connectivity index (χ3v) is 4.47. The molecule has 0 bridgehead atoms. The summed E-state index contributed by atoms with van der Waals surface area (Å²) < 4.78 is 1.16. The van der Waals surface area contributed by atoms with Crippen molar-refractivity contribution < 1.29 is 5.11 Å². The van der Waals surface area contributed by atoms with E-state index in [1.165, 1.54) is 11.3 Å². The number of hydrogen-bond acceptors (Lipinski definition) is 3. The van der Waals surface area contributed by atoms with Crippen LogP contribution in [0.4, 0.5) is 5.69 Å². The van der Waals surface area contributed by atoms with E-state index in [9.17, 15) is 5.11 Å². The van der Waals surface area contributed by atoms with E-state index in [2.05, 4.69) is 58.2 Å². The average molecular weight is 341 g/mol. The molecule has 1 fully saturated rings. The monoisotopic (exact) mass is 340 g/mol. The molecule has 4 heteroatoms. The van der Waals surface area contributed by atoms with Crippen LogP contribution in [-0.2, 0) is 6.54 Å². The molecular weight excluding hydrogens is 316 g/mol. The van der Waals surface area contributed by atoms with Gasteiger partial charge in [-0.2, -0.15) is 0 Å². The van der Waals surface area contributed by atoms with Gasteiger partial charge in [-0.1, -0.05) is 35.8 Å². The van der Waals surface area contributed by atoms with E-state index >= 15 is 0 Å². The van der Waals surface area contributed by atoms with Crippen molar-refractivity contribution in [1.29, 1.82) is 0 Å². The summed E-state index contributed by atoms with van der Waals surface area (Å²) >= 11 is 3.68. The smallest absolute Gasteiger partial charge is 0.0574 e. The number of rotatable bonds is 5. The van der Waals surface area contributed by atoms with Crippen molar-refractivity contribution in [3.63, 3.8) is 0 Å². The molecule has 0 saturated carbocycles. The molecule has 0 radical (unpaired) electrons. The minimum absolute atomic E-state index is 0.116. The van der Waals surface area contributed by atoms with Crippen LogP contribution in [0.15, 0.2) is 22.7 Å². The van der Waals surface area contributed by atoms with Crippen LogP contribution >= 0.6 is 15.9 Å². The lowest BCUT2D eigenvalue weighted by Crippen LogP contribution is -2.35. The number of halogens is 1. The number of hydrogen-bond donors (Lipinski definition) is 2. The van der Waals surface area contributed by atoms with Crippen LogP contribution in [0.5, 0.6) is 0 Å². The fraction of sp³-hybridized carbons (Fsp3) is 0.625. The van der Waals surface area contributed by atoms with Gasteiger partial charge in [-0.25, -0.2) is 0 Å². The second-order valence-corrected chi connectivity index (χ2v) is 6.87. The Morgan fingerprint density at radius 2 is 2.05 bits per heavy atom. The van der Waals surface area contributed by atoms with Crippen LogP contribution < -0.4 is 10.2 Å². The van der Waals surface area contributed by atoms with Crippen LogP contribution in [0.25, 0.3) is 0 Å². The summed E-state index contributed by atoms with van der Waals surface area (Å²) in [4.78, 5) is 2.35. The summed E-state index contributed by atoms with van der Waals surface area (Å²) in [5, 5.41) is 13.0. The zero-order valence-corrected chi connectivity index (χ0v) is 14.0. The molecule has 112 valence electrons. The molecule has 1 heterocycles. The van der Waals surface area contributed by atoms with Gasteiger partial charge in [0.05, 0.1) is 6.10 Å². The third-order valence-electron chi connectivity index (χ3n) is 3.73. The van der Waals surface area contributed by atoms with Gasteiger partial charge in [0, 0.05) is 29.8 Å². The fourth-order valence-corrected chi connectivity index (χ4v) is 3.00. The molecule has 0 aromatic heterocycles. The van der Waals surface area contributed by atoms with Gasteiger partial charge in [0.1, 0.15) is 0 Å². The highest BCUT2D eigenvalue weighted by Gasteiger charge is 2.17. The molecule has 0 amide bonds. The summed E-state index contributed by atoms with van der Waals surface area (Å²) in [5.41, 5.74) is 2.54. The summed E-state index contributed by atoms with van der Waals surface area (Å²) in [6, 6.07) is 6.58. The first-order valence-corrected chi connectivity index (χ1v) is 8.27. The van der Waals surface area contributed by atoms with Crippen molar-refractivity contribution >= 4 is 21.6 Å². The number of aliphatic hydroxyl groups excluding tert-OH is 1. The van der Waals surface area contributed by atoms with Gasteiger partial charge in [0.2, 0.25) is 0 Å². The first-order valence-electron chi connectivity index (χ1n) is 7.48. The van der Waals surface area contributed by atoms with Crippen molar-refractivity contribution in [3.05, 3.63) is 28.2 Å². The van der Waals surface area contributed by atoms with E-state index in [0.717, 1.165) is 43.5 Å². The van der Waals surface area contributed by atoms with Crippen molar-refractivity contribution in [2.75, 3.05) is 24.5 Å². The molecule has 20 heavy (non-hydrogen) atoms. The average Bonchev–Trinajstić information content (AvgIpc) is 2.41. The Morgan fingerprint density at radius 3 is 2.65 bits per heavy atom. The Morgan fingerprint density at radius 1 is 1.35 bits per heavy atom. The van der Waals surface area contributed by atoms with Crippen molar-refractivity contribution in [1.82, 2.24) is 5.32 Å². The van der Waals surface area contributed by atoms with Gasteiger partial charge in [-0.15, -0.1) is 0 Å². The van der Waals surface area contributed by atoms with E-state index in [1.807, 2.05) is 0 Å². The van der Waals surface area contributed by atoms with Crippen molar-refractivity contribution in [3.8, 4) is 0 Å². The molecule has 1 saturated heterocycles. The molecule has 2 N–H and O–H groups in total. The van der Waals surface area contributed by atoms with Crippen LogP contribution in [-0.4, -0.2) is 30.8 Å². The Balaban J connectivity index is 1.95. The summed E-state index contributed by atoms with van der Waals surface area (Å²) in [6.45, 7) is 8.26. The van der Waals surface area contributed by atoms with Crippen molar-refractivity contribution in [2.45, 2.75) is 39.3 Å². The number of nitrogens with zero attached hydrogens (tertiary/aromatic N) is 1. The maximum atomic E-state index is 9.57. The highest BCUT2D eigenvalue weighted by molar-refractivity contribution is 9.10. The summed E-state index contributed by atoms with van der Waals surface area (Å²) in [5.74, 6) is 0.674. The quantitative estimate of drug-likeness (QED) is 0.864. The molecular formula is C16H25BrN2O. The van der Waals surface area contributed by atoms with Gasteiger partial charge < -0.3 is 15.3 Å². The van der Waals surface area contributed by atoms with Gasteiger partial charge >= 0.3 is 0 Å². The molecule has 0 unspecified atom stereocenters. The fourth-order valence-electron chi connectivity index (χ4n) is 2.50. The van der Waals surface area contributed by atoms with E-state index < -0.39 is 0 Å². The second kappa shape index (κ2) is 7.43. The zero-order chi connectivity index (χ0) is 14.5. The SMILES string of the molecule is CC(C)CNCc1ccc(N2CCC(O)CC2)cc1Br. The molecule has 0 aliphatic carbocycles. The normalized spacial score (nSPS) is 16.9. The molecule has 1 aliphatic rings. The Bertz CT molecular complexity index is 428. The summed E-state index contributed by atoms with van der Waals surface area (Å²) in [7, 11) is 0. The maximum absolute atomic E-state index is 9.57. The molecule has 0 atom stereocenters. The number of benzene rings is 1. The van der Waals surface area contributed by atoms with Crippen LogP contribution in [0.3, 0.4) is 0 Å². The van der Waals surface area contributed by atoms with E-state index in [0.29, 0.717) is 5.92 Å². The first-order chi connectivity index (χ1) is 9.56. The highest BCUT2D eigenvalue weighted by atomic mass is 79.9. The molecule has 1 aliphatic heterocycles. The third kappa shape index (κ3) is 4.47. The van der Waals surface area contributed by atoms with Crippen LogP contribution in [0.2, 0.25) is 0 Å². The van der Waals surface area contributed by atoms with Crippen LogP contribution in [0.1, 0.15) is 32.3 Å². The molecule has 1 aromatic rings. The van der Waals surface area contributed by atoms with Gasteiger partial charge in [0.15, 0.2) is 0 Å². The van der Waals surface area contributed by atoms with E-state index in [4.69, 9.17) is 0 Å². The lowest BCUT2D eigenvalue weighted by molar-refractivity contribution is 0.145. The highest BCUT2D eigenvalue weighted by Crippen LogP contribution is 2.26. The van der Waals surface area contributed by atoms with Gasteiger partial charge in [-0.05, 0) is 43.0 Å². The minimum Gasteiger partial charge on any atom is -0.393 e. The number of aliphatic hydroxyl groups is 1. The standard InChI is InChI=1S/C16H25BrN2O/c1-12(2)10-18-11-13-3-4-14(9-16(13)17)19-7-5-15(20)6-8-19/h3-4,9,12,15,18,20H,5-8,10-11H2,1-2H3. The van der Waals surface area contributed by atoms with Gasteiger partial charge in [-0.3, -0.25) is 0 Å². The van der Waals surface area contributed by atoms with Crippen molar-refractivity contribution in [2.24, 2.45) is 5.92 Å². The number of anilines is 1. The lowest BCUT2D eigenvalue weighted by atomic mass is 10.1. The Labute approximate surface area is 130 Å². The maximum Gasteiger partial charge on any atom is 0.0574 e. The molecule has 1 aromatic carbocycles. The Kier molecular flexibility index (Phi) is 5.87. The first kappa shape index (κ1) is 15.8. The predicted octanol–water partition coefficient (Wildman–Crippen LogP) is 3.16. The van der Waals surface area contributed by atoms with E-state index in [-0.39, 0.29) is 6.10 Å². The largest absolute Gasteiger partial charge is 0.393 e. The molecule has 3 nitrogen and oxygen atoms in total. The number of nitrogens with one attached hydrogen (secondary N) is 1. The van der Waals surface area contributed by atoms with Gasteiger partial charge in [0.25, 0.3) is 0 Å². The summed E-state index contributed by atoms with van der Waals surface area (Å²) in [6.07, 6.45) is 1.62. The lowest BCUT2D eigenvalue weighted by Gasteiger charge is -2.31. The molecule has 0 spiro atoms. The topological polar surface area (TPSA) is 35.5 Å². The minimum atomic E-state index is -0.116. The van der Waals surface area contributed by atoms with Crippen LogP contribution in [0, 0.1) is 5.92 Å². The zero-order valence-electron chi connectivity index (χ0n) is 12.4. The second-order valence-electron chi connectivity index (χ2n) is 6.02. The number of piperidine rings is 1.